The number of nitrogens with zero attached hydrogens (tertiary/aromatic N) is 4. The van der Waals surface area contributed by atoms with Crippen LogP contribution in [0.3, 0.4) is 0 Å². The summed E-state index contributed by atoms with van der Waals surface area (Å²) in [5.41, 5.74) is 1.57. The minimum atomic E-state index is -0.203. The van der Waals surface area contributed by atoms with Gasteiger partial charge in [0.15, 0.2) is 11.5 Å². The van der Waals surface area contributed by atoms with E-state index in [2.05, 4.69) is 41.4 Å². The van der Waals surface area contributed by atoms with Crippen LogP contribution in [0, 0.1) is 5.82 Å². The largest absolute Gasteiger partial charge is 0.362 e. The summed E-state index contributed by atoms with van der Waals surface area (Å²) in [6, 6.07) is 8.85. The SMILES string of the molecule is CC(C)(C)c1nnc2ccc(NC3CCSc4ccc(F)cc43)nn12. The van der Waals surface area contributed by atoms with Crippen molar-refractivity contribution in [3.63, 3.8) is 0 Å². The lowest BCUT2D eigenvalue weighted by molar-refractivity contribution is 0.526. The monoisotopic (exact) mass is 357 g/mol. The molecule has 1 aliphatic heterocycles. The molecule has 130 valence electrons. The Balaban J connectivity index is 1.69. The maximum absolute atomic E-state index is 13.7. The smallest absolute Gasteiger partial charge is 0.178 e. The molecular weight excluding hydrogens is 337 g/mol. The molecule has 1 unspecified atom stereocenters. The molecule has 1 N–H and O–H groups in total. The summed E-state index contributed by atoms with van der Waals surface area (Å²) in [7, 11) is 0. The van der Waals surface area contributed by atoms with Gasteiger partial charge in [0, 0.05) is 16.1 Å². The molecule has 5 nitrogen and oxygen atoms in total. The van der Waals surface area contributed by atoms with Gasteiger partial charge in [-0.1, -0.05) is 20.8 Å². The van der Waals surface area contributed by atoms with Crippen LogP contribution in [0.2, 0.25) is 0 Å². The molecule has 0 bridgehead atoms. The Labute approximate surface area is 150 Å². The van der Waals surface area contributed by atoms with Gasteiger partial charge in [-0.05, 0) is 42.3 Å². The van der Waals surface area contributed by atoms with E-state index in [9.17, 15) is 4.39 Å². The lowest BCUT2D eigenvalue weighted by Crippen LogP contribution is -2.20. The number of halogens is 1. The lowest BCUT2D eigenvalue weighted by Gasteiger charge is -2.26. The highest BCUT2D eigenvalue weighted by atomic mass is 32.2. The zero-order valence-electron chi connectivity index (χ0n) is 14.5. The zero-order valence-corrected chi connectivity index (χ0v) is 15.3. The van der Waals surface area contributed by atoms with Gasteiger partial charge in [0.05, 0.1) is 6.04 Å². The summed E-state index contributed by atoms with van der Waals surface area (Å²) >= 11 is 1.77. The van der Waals surface area contributed by atoms with Crippen molar-refractivity contribution in [1.29, 1.82) is 0 Å². The minimum Gasteiger partial charge on any atom is -0.362 e. The molecule has 0 radical (unpaired) electrons. The highest BCUT2D eigenvalue weighted by Crippen LogP contribution is 2.38. The number of anilines is 1. The van der Waals surface area contributed by atoms with E-state index < -0.39 is 0 Å². The fraction of sp³-hybridized carbons (Fsp3) is 0.389. The molecule has 0 fully saturated rings. The third-order valence-electron chi connectivity index (χ3n) is 4.27. The Hall–Kier alpha value is -2.15. The van der Waals surface area contributed by atoms with Crippen LogP contribution in [0.4, 0.5) is 10.2 Å². The van der Waals surface area contributed by atoms with Crippen LogP contribution in [0.15, 0.2) is 35.2 Å². The van der Waals surface area contributed by atoms with E-state index in [1.54, 1.807) is 22.3 Å². The maximum atomic E-state index is 13.7. The molecule has 0 saturated heterocycles. The standard InChI is InChI=1S/C18H20FN5S/c1-18(2,3)17-22-21-16-7-6-15(23-24(16)17)20-13-8-9-25-14-5-4-11(19)10-12(13)14/h4-7,10,13H,8-9H2,1-3H3,(H,20,23). The average Bonchev–Trinajstić information content (AvgIpc) is 2.99. The normalized spacial score (nSPS) is 17.5. The highest BCUT2D eigenvalue weighted by molar-refractivity contribution is 7.99. The first kappa shape index (κ1) is 16.3. The van der Waals surface area contributed by atoms with Crippen molar-refractivity contribution in [1.82, 2.24) is 19.8 Å². The molecule has 0 saturated carbocycles. The quantitative estimate of drug-likeness (QED) is 0.744. The molecule has 0 aliphatic carbocycles. The van der Waals surface area contributed by atoms with Crippen LogP contribution >= 0.6 is 11.8 Å². The van der Waals surface area contributed by atoms with Crippen LogP contribution in [0.1, 0.15) is 44.6 Å². The van der Waals surface area contributed by atoms with E-state index in [1.165, 1.54) is 6.07 Å². The predicted octanol–water partition coefficient (Wildman–Crippen LogP) is 4.21. The highest BCUT2D eigenvalue weighted by Gasteiger charge is 2.24. The van der Waals surface area contributed by atoms with E-state index in [4.69, 9.17) is 0 Å². The number of benzene rings is 1. The fourth-order valence-corrected chi connectivity index (χ4v) is 4.13. The minimum absolute atomic E-state index is 0.0477. The maximum Gasteiger partial charge on any atom is 0.178 e. The van der Waals surface area contributed by atoms with Crippen LogP contribution in [0.25, 0.3) is 5.65 Å². The molecule has 0 amide bonds. The van der Waals surface area contributed by atoms with Crippen LogP contribution in [0.5, 0.6) is 0 Å². The average molecular weight is 357 g/mol. The van der Waals surface area contributed by atoms with Crippen molar-refractivity contribution in [3.8, 4) is 0 Å². The second kappa shape index (κ2) is 5.98. The number of aromatic nitrogens is 4. The Bertz CT molecular complexity index is 931. The van der Waals surface area contributed by atoms with Gasteiger partial charge in [0.1, 0.15) is 11.6 Å². The first-order chi connectivity index (χ1) is 11.9. The molecule has 3 aromatic rings. The molecule has 3 heterocycles. The summed E-state index contributed by atoms with van der Waals surface area (Å²) < 4.78 is 15.5. The van der Waals surface area contributed by atoms with Crippen LogP contribution < -0.4 is 5.32 Å². The summed E-state index contributed by atoms with van der Waals surface area (Å²) in [6.45, 7) is 6.26. The van der Waals surface area contributed by atoms with Gasteiger partial charge in [0.2, 0.25) is 0 Å². The number of thioether (sulfide) groups is 1. The number of rotatable bonds is 2. The van der Waals surface area contributed by atoms with Crippen molar-refractivity contribution in [2.75, 3.05) is 11.1 Å². The number of hydrogen-bond donors (Lipinski definition) is 1. The molecule has 2 aromatic heterocycles. The summed E-state index contributed by atoms with van der Waals surface area (Å²) in [5.74, 6) is 2.35. The fourth-order valence-electron chi connectivity index (χ4n) is 3.03. The third kappa shape index (κ3) is 3.08. The molecule has 4 rings (SSSR count). The van der Waals surface area contributed by atoms with Crippen molar-refractivity contribution in [2.45, 2.75) is 43.5 Å². The Kier molecular flexibility index (Phi) is 3.91. The number of fused-ring (bicyclic) bond motifs is 2. The molecule has 1 aromatic carbocycles. The summed E-state index contributed by atoms with van der Waals surface area (Å²) in [4.78, 5) is 1.13. The Morgan fingerprint density at radius 2 is 2.04 bits per heavy atom. The third-order valence-corrected chi connectivity index (χ3v) is 5.39. The predicted molar refractivity (Wildman–Crippen MR) is 97.6 cm³/mol. The van der Waals surface area contributed by atoms with E-state index in [0.29, 0.717) is 0 Å². The molecule has 1 atom stereocenters. The molecule has 0 spiro atoms. The number of nitrogens with one attached hydrogen (secondary N) is 1. The molecule has 7 heteroatoms. The second-order valence-electron chi connectivity index (χ2n) is 7.28. The molecular formula is C18H20FN5S. The summed E-state index contributed by atoms with van der Waals surface area (Å²) in [5, 5.41) is 16.6. The topological polar surface area (TPSA) is 55.1 Å². The van der Waals surface area contributed by atoms with Crippen molar-refractivity contribution >= 4 is 23.2 Å². The van der Waals surface area contributed by atoms with Gasteiger partial charge in [-0.15, -0.1) is 27.1 Å². The van der Waals surface area contributed by atoms with E-state index in [0.717, 1.165) is 39.9 Å². The van der Waals surface area contributed by atoms with Gasteiger partial charge < -0.3 is 5.32 Å². The molecule has 25 heavy (non-hydrogen) atoms. The van der Waals surface area contributed by atoms with Crippen LogP contribution in [-0.2, 0) is 5.41 Å². The second-order valence-corrected chi connectivity index (χ2v) is 8.42. The van der Waals surface area contributed by atoms with E-state index in [-0.39, 0.29) is 17.3 Å². The molecule has 1 aliphatic rings. The Morgan fingerprint density at radius 3 is 2.84 bits per heavy atom. The zero-order chi connectivity index (χ0) is 17.6. The van der Waals surface area contributed by atoms with Gasteiger partial charge in [-0.25, -0.2) is 4.39 Å². The van der Waals surface area contributed by atoms with Gasteiger partial charge in [-0.2, -0.15) is 4.52 Å². The van der Waals surface area contributed by atoms with E-state index >= 15 is 0 Å². The first-order valence-electron chi connectivity index (χ1n) is 8.33. The van der Waals surface area contributed by atoms with Crippen molar-refractivity contribution in [2.24, 2.45) is 0 Å². The van der Waals surface area contributed by atoms with Gasteiger partial charge in [-0.3, -0.25) is 0 Å². The first-order valence-corrected chi connectivity index (χ1v) is 9.32. The lowest BCUT2D eigenvalue weighted by atomic mass is 9.96. The number of hydrogen-bond acceptors (Lipinski definition) is 5. The van der Waals surface area contributed by atoms with Gasteiger partial charge >= 0.3 is 0 Å². The van der Waals surface area contributed by atoms with Crippen molar-refractivity contribution in [3.05, 3.63) is 47.5 Å². The van der Waals surface area contributed by atoms with Crippen molar-refractivity contribution < 1.29 is 4.39 Å². The van der Waals surface area contributed by atoms with E-state index in [1.807, 2.05) is 18.2 Å². The Morgan fingerprint density at radius 1 is 1.20 bits per heavy atom. The van der Waals surface area contributed by atoms with Gasteiger partial charge in [0.25, 0.3) is 0 Å². The van der Waals surface area contributed by atoms with Crippen LogP contribution in [-0.4, -0.2) is 25.6 Å². The summed E-state index contributed by atoms with van der Waals surface area (Å²) in [6.07, 6.45) is 0.926.